The van der Waals surface area contributed by atoms with Crippen LogP contribution in [0, 0.1) is 17.3 Å². The monoisotopic (exact) mass is 504 g/mol. The molecule has 8 heteroatoms. The van der Waals surface area contributed by atoms with Crippen LogP contribution >= 0.6 is 11.8 Å². The number of allylic oxidation sites excluding steroid dienone is 1. The Morgan fingerprint density at radius 1 is 1.17 bits per heavy atom. The Hall–Kier alpha value is -1.80. The highest BCUT2D eigenvalue weighted by atomic mass is 32.2. The smallest absolute Gasteiger partial charge is 0.311 e. The minimum absolute atomic E-state index is 0.00417. The van der Waals surface area contributed by atoms with Crippen molar-refractivity contribution in [2.45, 2.75) is 88.4 Å². The van der Waals surface area contributed by atoms with E-state index in [9.17, 15) is 19.5 Å². The molecule has 0 aromatic carbocycles. The number of cyclic esters (lactones) is 1. The summed E-state index contributed by atoms with van der Waals surface area (Å²) in [6.07, 6.45) is 10.5. The number of carbonyl (C=O) groups is 3. The first-order valence-electron chi connectivity index (χ1n) is 12.8. The molecule has 194 valence electrons. The summed E-state index contributed by atoms with van der Waals surface area (Å²) in [5, 5.41) is 9.82. The van der Waals surface area contributed by atoms with Crippen LogP contribution < -0.4 is 0 Å². The number of nitrogens with zero attached hydrogens (tertiary/aromatic N) is 2. The highest BCUT2D eigenvalue weighted by molar-refractivity contribution is 8.02. The van der Waals surface area contributed by atoms with E-state index in [-0.39, 0.29) is 35.1 Å². The van der Waals surface area contributed by atoms with Crippen molar-refractivity contribution in [1.82, 2.24) is 9.80 Å². The molecule has 6 atom stereocenters. The van der Waals surface area contributed by atoms with Gasteiger partial charge in [-0.3, -0.25) is 14.4 Å². The van der Waals surface area contributed by atoms with E-state index in [1.54, 1.807) is 23.6 Å². The number of carbonyl (C=O) groups excluding carboxylic acids is 3. The van der Waals surface area contributed by atoms with Crippen LogP contribution in [-0.2, 0) is 19.1 Å². The fourth-order valence-electron chi connectivity index (χ4n) is 6.69. The maximum atomic E-state index is 14.4. The number of hydrogen-bond acceptors (Lipinski definition) is 6. The minimum atomic E-state index is -0.887. The van der Waals surface area contributed by atoms with Crippen LogP contribution in [0.2, 0.25) is 0 Å². The van der Waals surface area contributed by atoms with E-state index in [0.717, 1.165) is 19.3 Å². The Kier molecular flexibility index (Phi) is 6.95. The molecule has 2 saturated heterocycles. The maximum absolute atomic E-state index is 14.4. The first-order chi connectivity index (χ1) is 16.3. The topological polar surface area (TPSA) is 87.2 Å². The van der Waals surface area contributed by atoms with E-state index in [1.165, 1.54) is 0 Å². The highest BCUT2D eigenvalue weighted by Crippen LogP contribution is 2.61. The average Bonchev–Trinajstić information content (AvgIpc) is 3.16. The van der Waals surface area contributed by atoms with Gasteiger partial charge in [0.15, 0.2) is 0 Å². The second-order valence-electron chi connectivity index (χ2n) is 12.3. The molecule has 1 N–H and O–H groups in total. The Balaban J connectivity index is 1.83. The fourth-order valence-corrected chi connectivity index (χ4v) is 8.68. The summed E-state index contributed by atoms with van der Waals surface area (Å²) >= 11 is 1.54. The SMILES string of the molecule is C[C@H](CO)N1C(=O)[C@@H]2[C@H]3C(=O)OCCC/C=C\[C@H]3S[C@@]23C=CCN(C(C)(C)CC(C)(C)C)C(=O)C13. The zero-order valence-corrected chi connectivity index (χ0v) is 22.6. The number of amides is 2. The van der Waals surface area contributed by atoms with Crippen LogP contribution in [0.3, 0.4) is 0 Å². The summed E-state index contributed by atoms with van der Waals surface area (Å²) < 4.78 is 4.70. The minimum Gasteiger partial charge on any atom is -0.465 e. The van der Waals surface area contributed by atoms with Crippen molar-refractivity contribution in [3.63, 3.8) is 0 Å². The van der Waals surface area contributed by atoms with E-state index >= 15 is 0 Å². The standard InChI is InChI=1S/C27H40N2O5S/c1-17(15-30)29-21-23(32)28(26(5,6)16-25(2,3)4)13-10-12-27(21)20(22(29)31)19-18(35-27)11-8-7-9-14-34-24(19)33/h8,10-12,17-21,30H,7,9,13-16H2,1-6H3/b11-8-/t17-,18-,19+,20+,21?,27+/m1/s1. The number of aliphatic hydroxyl groups excluding tert-OH is 1. The molecule has 4 aliphatic rings. The molecule has 4 aliphatic heterocycles. The van der Waals surface area contributed by atoms with Crippen molar-refractivity contribution < 1.29 is 24.2 Å². The van der Waals surface area contributed by atoms with Crippen LogP contribution in [0.25, 0.3) is 0 Å². The van der Waals surface area contributed by atoms with Crippen molar-refractivity contribution in [3.05, 3.63) is 24.3 Å². The molecular weight excluding hydrogens is 464 g/mol. The van der Waals surface area contributed by atoms with Crippen LogP contribution in [0.15, 0.2) is 24.3 Å². The van der Waals surface area contributed by atoms with Gasteiger partial charge in [-0.2, -0.15) is 0 Å². The number of hydrogen-bond donors (Lipinski definition) is 1. The van der Waals surface area contributed by atoms with E-state index < -0.39 is 34.2 Å². The van der Waals surface area contributed by atoms with Gasteiger partial charge in [0.1, 0.15) is 6.04 Å². The quantitative estimate of drug-likeness (QED) is 0.468. The number of esters is 1. The average molecular weight is 505 g/mol. The number of ether oxygens (including phenoxy) is 1. The molecule has 35 heavy (non-hydrogen) atoms. The van der Waals surface area contributed by atoms with Gasteiger partial charge in [0, 0.05) is 17.3 Å². The number of likely N-dealkylation sites (tertiary alicyclic amines) is 1. The number of rotatable bonds is 4. The molecule has 0 aromatic heterocycles. The molecule has 0 aromatic rings. The lowest BCUT2D eigenvalue weighted by Gasteiger charge is -2.45. The van der Waals surface area contributed by atoms with Crippen LogP contribution in [0.1, 0.15) is 60.8 Å². The number of aliphatic hydroxyl groups is 1. The highest BCUT2D eigenvalue weighted by Gasteiger charge is 2.71. The molecule has 0 aliphatic carbocycles. The van der Waals surface area contributed by atoms with Crippen molar-refractivity contribution in [1.29, 1.82) is 0 Å². The van der Waals surface area contributed by atoms with Gasteiger partial charge in [0.2, 0.25) is 11.8 Å². The maximum Gasteiger partial charge on any atom is 0.311 e. The largest absolute Gasteiger partial charge is 0.465 e. The summed E-state index contributed by atoms with van der Waals surface area (Å²) in [7, 11) is 0. The molecule has 4 heterocycles. The molecule has 7 nitrogen and oxygen atoms in total. The summed E-state index contributed by atoms with van der Waals surface area (Å²) in [5.74, 6) is -2.09. The number of thioether (sulfide) groups is 1. The molecular formula is C27H40N2O5S. The van der Waals surface area contributed by atoms with E-state index in [2.05, 4.69) is 40.7 Å². The summed E-state index contributed by atoms with van der Waals surface area (Å²) in [6, 6.07) is -1.33. The van der Waals surface area contributed by atoms with Gasteiger partial charge in [-0.05, 0) is 45.4 Å². The van der Waals surface area contributed by atoms with E-state index in [0.29, 0.717) is 13.2 Å². The van der Waals surface area contributed by atoms with E-state index in [4.69, 9.17) is 4.74 Å². The summed E-state index contributed by atoms with van der Waals surface area (Å²) in [6.45, 7) is 12.9. The third-order valence-corrected chi connectivity index (χ3v) is 9.47. The lowest BCUT2D eigenvalue weighted by Crippen LogP contribution is -2.60. The summed E-state index contributed by atoms with van der Waals surface area (Å²) in [4.78, 5) is 45.2. The van der Waals surface area contributed by atoms with Crippen molar-refractivity contribution in [2.24, 2.45) is 17.3 Å². The second kappa shape index (κ2) is 9.25. The van der Waals surface area contributed by atoms with E-state index in [1.807, 2.05) is 23.1 Å². The van der Waals surface area contributed by atoms with Crippen molar-refractivity contribution in [3.8, 4) is 0 Å². The van der Waals surface area contributed by atoms with Gasteiger partial charge >= 0.3 is 5.97 Å². The van der Waals surface area contributed by atoms with Gasteiger partial charge in [0.05, 0.1) is 35.8 Å². The summed E-state index contributed by atoms with van der Waals surface area (Å²) in [5.41, 5.74) is -0.438. The van der Waals surface area contributed by atoms with Gasteiger partial charge in [0.25, 0.3) is 0 Å². The molecule has 0 radical (unpaired) electrons. The van der Waals surface area contributed by atoms with Gasteiger partial charge in [-0.15, -0.1) is 11.8 Å². The first-order valence-corrected chi connectivity index (χ1v) is 13.7. The Morgan fingerprint density at radius 2 is 1.89 bits per heavy atom. The normalized spacial score (nSPS) is 35.3. The number of fused-ring (bicyclic) bond motifs is 2. The lowest BCUT2D eigenvalue weighted by atomic mass is 9.78. The van der Waals surface area contributed by atoms with Gasteiger partial charge in [-0.1, -0.05) is 45.1 Å². The molecule has 2 amide bonds. The van der Waals surface area contributed by atoms with Crippen molar-refractivity contribution in [2.75, 3.05) is 19.8 Å². The van der Waals surface area contributed by atoms with Gasteiger partial charge < -0.3 is 19.6 Å². The van der Waals surface area contributed by atoms with Gasteiger partial charge in [-0.25, -0.2) is 0 Å². The predicted molar refractivity (Wildman–Crippen MR) is 137 cm³/mol. The molecule has 0 saturated carbocycles. The molecule has 4 rings (SSSR count). The molecule has 1 spiro atoms. The van der Waals surface area contributed by atoms with Crippen LogP contribution in [0.4, 0.5) is 0 Å². The predicted octanol–water partition coefficient (Wildman–Crippen LogP) is 3.17. The fraction of sp³-hybridized carbons (Fsp3) is 0.741. The Labute approximate surface area is 213 Å². The van der Waals surface area contributed by atoms with Crippen molar-refractivity contribution >= 4 is 29.5 Å². The zero-order valence-electron chi connectivity index (χ0n) is 21.8. The zero-order chi connectivity index (χ0) is 25.8. The first kappa shape index (κ1) is 26.3. The lowest BCUT2D eigenvalue weighted by molar-refractivity contribution is -0.153. The Morgan fingerprint density at radius 3 is 2.54 bits per heavy atom. The molecule has 2 fully saturated rings. The molecule has 0 bridgehead atoms. The van der Waals surface area contributed by atoms with Crippen LogP contribution in [0.5, 0.6) is 0 Å². The van der Waals surface area contributed by atoms with Crippen LogP contribution in [-0.4, -0.2) is 80.1 Å². The third-order valence-electron chi connectivity index (χ3n) is 7.72. The Bertz CT molecular complexity index is 938. The second-order valence-corrected chi connectivity index (χ2v) is 13.7. The molecule has 1 unspecified atom stereocenters. The third kappa shape index (κ3) is 4.45.